The zero-order chi connectivity index (χ0) is 16.1. The Morgan fingerprint density at radius 3 is 2.73 bits per heavy atom. The van der Waals surface area contributed by atoms with Crippen LogP contribution in [-0.2, 0) is 16.1 Å². The molecule has 1 heterocycles. The molecule has 1 saturated heterocycles. The van der Waals surface area contributed by atoms with Crippen LogP contribution in [0.25, 0.3) is 0 Å². The highest BCUT2D eigenvalue weighted by Crippen LogP contribution is 2.21. The second kappa shape index (κ2) is 7.95. The summed E-state index contributed by atoms with van der Waals surface area (Å²) in [5, 5.41) is 0.747. The highest BCUT2D eigenvalue weighted by Gasteiger charge is 2.34. The van der Waals surface area contributed by atoms with Gasteiger partial charge in [-0.1, -0.05) is 29.8 Å². The zero-order valence-electron chi connectivity index (χ0n) is 13.6. The van der Waals surface area contributed by atoms with E-state index in [2.05, 4.69) is 23.6 Å². The molecule has 2 rings (SSSR count). The minimum atomic E-state index is -0.229. The fourth-order valence-electron chi connectivity index (χ4n) is 2.81. The maximum atomic E-state index is 12.3. The molecule has 0 amide bonds. The number of esters is 1. The van der Waals surface area contributed by atoms with Crippen molar-refractivity contribution in [2.75, 3.05) is 26.2 Å². The van der Waals surface area contributed by atoms with Gasteiger partial charge in [0.1, 0.15) is 6.04 Å². The number of nitrogens with zero attached hydrogens (tertiary/aromatic N) is 2. The molecule has 4 nitrogen and oxygen atoms in total. The monoisotopic (exact) mass is 324 g/mol. The van der Waals surface area contributed by atoms with Crippen LogP contribution in [0.5, 0.6) is 0 Å². The SMILES string of the molecule is CCOC(=O)C1CN(C(C)C)CCN1Cc1ccccc1Cl. The van der Waals surface area contributed by atoms with E-state index in [4.69, 9.17) is 16.3 Å². The Balaban J connectivity index is 2.13. The average Bonchev–Trinajstić information content (AvgIpc) is 2.50. The third kappa shape index (κ3) is 4.22. The Labute approximate surface area is 138 Å². The molecule has 0 aromatic heterocycles. The van der Waals surface area contributed by atoms with Gasteiger partial charge >= 0.3 is 5.97 Å². The molecule has 1 fully saturated rings. The normalized spacial score (nSPS) is 20.3. The number of halogens is 1. The molecule has 0 spiro atoms. The molecule has 0 N–H and O–H groups in total. The summed E-state index contributed by atoms with van der Waals surface area (Å²) in [7, 11) is 0. The van der Waals surface area contributed by atoms with Crippen molar-refractivity contribution in [1.29, 1.82) is 0 Å². The molecule has 1 aromatic rings. The van der Waals surface area contributed by atoms with Gasteiger partial charge in [-0.05, 0) is 32.4 Å². The summed E-state index contributed by atoms with van der Waals surface area (Å²) < 4.78 is 5.27. The lowest BCUT2D eigenvalue weighted by Crippen LogP contribution is -2.57. The summed E-state index contributed by atoms with van der Waals surface area (Å²) >= 11 is 6.26. The Hall–Kier alpha value is -1.10. The van der Waals surface area contributed by atoms with Crippen LogP contribution in [0.2, 0.25) is 5.02 Å². The fraction of sp³-hybridized carbons (Fsp3) is 0.588. The number of benzene rings is 1. The third-order valence-corrected chi connectivity index (χ3v) is 4.51. The summed E-state index contributed by atoms with van der Waals surface area (Å²) in [6.07, 6.45) is 0. The number of hydrogen-bond acceptors (Lipinski definition) is 4. The molecule has 5 heteroatoms. The minimum absolute atomic E-state index is 0.139. The molecule has 22 heavy (non-hydrogen) atoms. The highest BCUT2D eigenvalue weighted by molar-refractivity contribution is 6.31. The van der Waals surface area contributed by atoms with Gasteiger partial charge < -0.3 is 4.74 Å². The van der Waals surface area contributed by atoms with Gasteiger partial charge in [0.15, 0.2) is 0 Å². The molecule has 122 valence electrons. The fourth-order valence-corrected chi connectivity index (χ4v) is 3.00. The molecule has 1 aliphatic rings. The number of hydrogen-bond donors (Lipinski definition) is 0. The molecule has 1 unspecified atom stereocenters. The molecule has 1 aliphatic heterocycles. The largest absolute Gasteiger partial charge is 0.465 e. The first-order valence-corrected chi connectivity index (χ1v) is 8.28. The van der Waals surface area contributed by atoms with Crippen molar-refractivity contribution in [2.24, 2.45) is 0 Å². The lowest BCUT2D eigenvalue weighted by Gasteiger charge is -2.41. The number of ether oxygens (including phenoxy) is 1. The Bertz CT molecular complexity index is 507. The highest BCUT2D eigenvalue weighted by atomic mass is 35.5. The standard InChI is InChI=1S/C17H25ClN2O2/c1-4-22-17(21)16-12-19(13(2)3)9-10-20(16)11-14-7-5-6-8-15(14)18/h5-8,13,16H,4,9-12H2,1-3H3. The summed E-state index contributed by atoms with van der Waals surface area (Å²) in [5.41, 5.74) is 1.05. The Morgan fingerprint density at radius 1 is 1.36 bits per heavy atom. The lowest BCUT2D eigenvalue weighted by atomic mass is 10.1. The van der Waals surface area contributed by atoms with Gasteiger partial charge in [-0.15, -0.1) is 0 Å². The second-order valence-electron chi connectivity index (χ2n) is 5.92. The van der Waals surface area contributed by atoms with Crippen LogP contribution in [0.15, 0.2) is 24.3 Å². The molecular formula is C17H25ClN2O2. The zero-order valence-corrected chi connectivity index (χ0v) is 14.3. The number of rotatable bonds is 5. The third-order valence-electron chi connectivity index (χ3n) is 4.14. The number of carbonyl (C=O) groups excluding carboxylic acids is 1. The minimum Gasteiger partial charge on any atom is -0.465 e. The van der Waals surface area contributed by atoms with E-state index in [1.165, 1.54) is 0 Å². The lowest BCUT2D eigenvalue weighted by molar-refractivity contribution is -0.152. The molecule has 1 aromatic carbocycles. The molecule has 0 bridgehead atoms. The van der Waals surface area contributed by atoms with E-state index in [0.717, 1.165) is 23.7 Å². The van der Waals surface area contributed by atoms with Crippen molar-refractivity contribution in [3.8, 4) is 0 Å². The summed E-state index contributed by atoms with van der Waals surface area (Å²) in [4.78, 5) is 16.8. The number of carbonyl (C=O) groups is 1. The van der Waals surface area contributed by atoms with Gasteiger partial charge in [-0.3, -0.25) is 14.6 Å². The van der Waals surface area contributed by atoms with Crippen LogP contribution in [0.3, 0.4) is 0 Å². The smallest absolute Gasteiger partial charge is 0.324 e. The van der Waals surface area contributed by atoms with Gasteiger partial charge in [0, 0.05) is 37.2 Å². The average molecular weight is 325 g/mol. The molecular weight excluding hydrogens is 300 g/mol. The van der Waals surface area contributed by atoms with E-state index in [-0.39, 0.29) is 12.0 Å². The molecule has 0 radical (unpaired) electrons. The van der Waals surface area contributed by atoms with Crippen LogP contribution in [0.4, 0.5) is 0 Å². The van der Waals surface area contributed by atoms with Gasteiger partial charge in [0.05, 0.1) is 6.61 Å². The van der Waals surface area contributed by atoms with E-state index >= 15 is 0 Å². The van der Waals surface area contributed by atoms with Gasteiger partial charge in [0.2, 0.25) is 0 Å². The van der Waals surface area contributed by atoms with E-state index in [1.54, 1.807) is 0 Å². The van der Waals surface area contributed by atoms with Gasteiger partial charge in [0.25, 0.3) is 0 Å². The van der Waals surface area contributed by atoms with Crippen molar-refractivity contribution in [2.45, 2.75) is 39.4 Å². The maximum absolute atomic E-state index is 12.3. The van der Waals surface area contributed by atoms with Crippen molar-refractivity contribution >= 4 is 17.6 Å². The Morgan fingerprint density at radius 2 is 2.09 bits per heavy atom. The van der Waals surface area contributed by atoms with Gasteiger partial charge in [-0.25, -0.2) is 0 Å². The van der Waals surface area contributed by atoms with Crippen LogP contribution in [-0.4, -0.2) is 54.1 Å². The van der Waals surface area contributed by atoms with Crippen LogP contribution < -0.4 is 0 Å². The first-order chi connectivity index (χ1) is 10.5. The maximum Gasteiger partial charge on any atom is 0.324 e. The summed E-state index contributed by atoms with van der Waals surface area (Å²) in [6.45, 7) is 9.76. The van der Waals surface area contributed by atoms with E-state index in [0.29, 0.717) is 25.7 Å². The predicted octanol–water partition coefficient (Wildman–Crippen LogP) is 2.80. The van der Waals surface area contributed by atoms with Crippen LogP contribution in [0, 0.1) is 0 Å². The predicted molar refractivity (Wildman–Crippen MR) is 89.0 cm³/mol. The first-order valence-electron chi connectivity index (χ1n) is 7.91. The Kier molecular flexibility index (Phi) is 6.24. The van der Waals surface area contributed by atoms with Crippen molar-refractivity contribution in [3.63, 3.8) is 0 Å². The van der Waals surface area contributed by atoms with E-state index < -0.39 is 0 Å². The quantitative estimate of drug-likeness (QED) is 0.780. The molecule has 1 atom stereocenters. The van der Waals surface area contributed by atoms with Crippen LogP contribution in [0.1, 0.15) is 26.3 Å². The van der Waals surface area contributed by atoms with Crippen molar-refractivity contribution in [1.82, 2.24) is 9.80 Å². The van der Waals surface area contributed by atoms with Gasteiger partial charge in [-0.2, -0.15) is 0 Å². The summed E-state index contributed by atoms with van der Waals surface area (Å²) in [5.74, 6) is -0.139. The number of piperazine rings is 1. The second-order valence-corrected chi connectivity index (χ2v) is 6.33. The topological polar surface area (TPSA) is 32.8 Å². The van der Waals surface area contributed by atoms with E-state index in [1.807, 2.05) is 31.2 Å². The molecule has 0 aliphatic carbocycles. The van der Waals surface area contributed by atoms with Crippen molar-refractivity contribution < 1.29 is 9.53 Å². The first kappa shape index (κ1) is 17.3. The van der Waals surface area contributed by atoms with Crippen LogP contribution >= 0.6 is 11.6 Å². The summed E-state index contributed by atoms with van der Waals surface area (Å²) in [6, 6.07) is 8.00. The van der Waals surface area contributed by atoms with Crippen molar-refractivity contribution in [3.05, 3.63) is 34.9 Å². The van der Waals surface area contributed by atoms with E-state index in [9.17, 15) is 4.79 Å². The molecule has 0 saturated carbocycles.